The van der Waals surface area contributed by atoms with Gasteiger partial charge >= 0.3 is 5.97 Å². The lowest BCUT2D eigenvalue weighted by molar-refractivity contribution is -0.138. The molecular weight excluding hydrogens is 162 g/mol. The van der Waals surface area contributed by atoms with Crippen molar-refractivity contribution in [2.75, 3.05) is 0 Å². The summed E-state index contributed by atoms with van der Waals surface area (Å²) < 4.78 is 0. The minimum Gasteiger partial charge on any atom is -0.480 e. The maximum absolute atomic E-state index is 10.4. The number of hydrogen-bond donors (Lipinski definition) is 1. The molecule has 0 bridgehead atoms. The van der Waals surface area contributed by atoms with Crippen LogP contribution in [0.15, 0.2) is 4.99 Å². The van der Waals surface area contributed by atoms with Gasteiger partial charge in [-0.25, -0.2) is 9.79 Å². The Balaban J connectivity index is 3.89. The Morgan fingerprint density at radius 2 is 2.45 bits per heavy atom. The number of nitrogens with zero attached hydrogens (tertiary/aromatic N) is 1. The number of carbonyl (C=O) groups is 1. The van der Waals surface area contributed by atoms with Crippen molar-refractivity contribution >= 4 is 23.3 Å². The fourth-order valence-corrected chi connectivity index (χ4v) is 0.832. The summed E-state index contributed by atoms with van der Waals surface area (Å²) in [6.07, 6.45) is 2.38. The highest BCUT2D eigenvalue weighted by Gasteiger charge is 2.13. The zero-order valence-electron chi connectivity index (χ0n) is 6.41. The first-order valence-electron chi connectivity index (χ1n) is 3.52. The van der Waals surface area contributed by atoms with E-state index in [1.807, 2.05) is 6.92 Å². The molecule has 11 heavy (non-hydrogen) atoms. The molecule has 0 saturated carbocycles. The summed E-state index contributed by atoms with van der Waals surface area (Å²) in [6.45, 7) is 2.00. The Kier molecular flexibility index (Phi) is 5.61. The predicted octanol–water partition coefficient (Wildman–Crippen LogP) is 1.73. The van der Waals surface area contributed by atoms with Crippen LogP contribution in [0, 0.1) is 0 Å². The Bertz CT molecular complexity index is 173. The molecule has 0 saturated heterocycles. The van der Waals surface area contributed by atoms with Crippen molar-refractivity contribution in [1.29, 1.82) is 0 Å². The molecule has 0 aliphatic rings. The molecule has 0 rings (SSSR count). The molecule has 0 aromatic rings. The minimum atomic E-state index is -0.921. The summed E-state index contributed by atoms with van der Waals surface area (Å²) in [6, 6.07) is -0.688. The second kappa shape index (κ2) is 6.01. The topological polar surface area (TPSA) is 49.7 Å². The molecule has 0 fully saturated rings. The number of thiocarbonyl (C=S) groups is 1. The maximum Gasteiger partial charge on any atom is 0.329 e. The monoisotopic (exact) mass is 173 g/mol. The number of carboxylic acid groups (broad SMARTS) is 1. The van der Waals surface area contributed by atoms with Gasteiger partial charge in [-0.05, 0) is 18.6 Å². The van der Waals surface area contributed by atoms with Crippen LogP contribution in [0.4, 0.5) is 0 Å². The number of rotatable bonds is 5. The first kappa shape index (κ1) is 10.3. The molecule has 0 aliphatic heterocycles. The van der Waals surface area contributed by atoms with Gasteiger partial charge in [-0.1, -0.05) is 19.8 Å². The van der Waals surface area contributed by atoms with Gasteiger partial charge in [0.05, 0.1) is 5.16 Å². The van der Waals surface area contributed by atoms with E-state index < -0.39 is 12.0 Å². The van der Waals surface area contributed by atoms with Gasteiger partial charge in [0.25, 0.3) is 0 Å². The zero-order chi connectivity index (χ0) is 8.69. The van der Waals surface area contributed by atoms with Gasteiger partial charge in [-0.3, -0.25) is 0 Å². The molecule has 62 valence electrons. The number of isothiocyanates is 1. The average molecular weight is 173 g/mol. The number of aliphatic carboxylic acids is 1. The SMILES string of the molecule is CCCC[C@@H](N=C=S)C(=O)O. The summed E-state index contributed by atoms with van der Waals surface area (Å²) in [4.78, 5) is 13.9. The van der Waals surface area contributed by atoms with E-state index in [9.17, 15) is 4.79 Å². The molecular formula is C7H11NO2S. The van der Waals surface area contributed by atoms with Crippen molar-refractivity contribution in [1.82, 2.24) is 0 Å². The second-order valence-electron chi connectivity index (χ2n) is 2.22. The highest BCUT2D eigenvalue weighted by Crippen LogP contribution is 2.03. The first-order valence-corrected chi connectivity index (χ1v) is 3.93. The second-order valence-corrected chi connectivity index (χ2v) is 2.40. The van der Waals surface area contributed by atoms with Crippen LogP contribution in [0.5, 0.6) is 0 Å². The fraction of sp³-hybridized carbons (Fsp3) is 0.714. The Morgan fingerprint density at radius 3 is 2.82 bits per heavy atom. The maximum atomic E-state index is 10.4. The highest BCUT2D eigenvalue weighted by molar-refractivity contribution is 7.78. The molecule has 1 atom stereocenters. The molecule has 0 aromatic heterocycles. The van der Waals surface area contributed by atoms with E-state index in [-0.39, 0.29) is 0 Å². The highest BCUT2D eigenvalue weighted by atomic mass is 32.1. The van der Waals surface area contributed by atoms with Gasteiger partial charge in [-0.2, -0.15) is 0 Å². The van der Waals surface area contributed by atoms with Crippen molar-refractivity contribution < 1.29 is 9.90 Å². The predicted molar refractivity (Wildman–Crippen MR) is 46.0 cm³/mol. The van der Waals surface area contributed by atoms with E-state index in [0.29, 0.717) is 6.42 Å². The Hall–Kier alpha value is -0.730. The van der Waals surface area contributed by atoms with Crippen LogP contribution in [0.1, 0.15) is 26.2 Å². The third-order valence-electron chi connectivity index (χ3n) is 1.32. The number of aliphatic imine (C=N–C) groups is 1. The van der Waals surface area contributed by atoms with Gasteiger partial charge in [0, 0.05) is 0 Å². The van der Waals surface area contributed by atoms with E-state index in [0.717, 1.165) is 12.8 Å². The Morgan fingerprint density at radius 1 is 1.82 bits per heavy atom. The third kappa shape index (κ3) is 4.65. The van der Waals surface area contributed by atoms with Gasteiger partial charge in [-0.15, -0.1) is 0 Å². The quantitative estimate of drug-likeness (QED) is 0.509. The smallest absolute Gasteiger partial charge is 0.329 e. The largest absolute Gasteiger partial charge is 0.480 e. The number of carboxylic acids is 1. The summed E-state index contributed by atoms with van der Waals surface area (Å²) in [7, 11) is 0. The molecule has 1 N–H and O–H groups in total. The van der Waals surface area contributed by atoms with Crippen molar-refractivity contribution in [3.05, 3.63) is 0 Å². The van der Waals surface area contributed by atoms with E-state index in [1.165, 1.54) is 0 Å². The van der Waals surface area contributed by atoms with Crippen molar-refractivity contribution in [2.45, 2.75) is 32.2 Å². The zero-order valence-corrected chi connectivity index (χ0v) is 7.23. The van der Waals surface area contributed by atoms with Crippen LogP contribution in [0.2, 0.25) is 0 Å². The van der Waals surface area contributed by atoms with E-state index in [1.54, 1.807) is 0 Å². The summed E-state index contributed by atoms with van der Waals surface area (Å²) >= 11 is 4.32. The molecule has 0 amide bonds. The van der Waals surface area contributed by atoms with E-state index in [4.69, 9.17) is 5.11 Å². The van der Waals surface area contributed by atoms with Crippen LogP contribution in [0.25, 0.3) is 0 Å². The molecule has 0 heterocycles. The van der Waals surface area contributed by atoms with E-state index >= 15 is 0 Å². The van der Waals surface area contributed by atoms with Gasteiger partial charge in [0.1, 0.15) is 0 Å². The van der Waals surface area contributed by atoms with Crippen LogP contribution in [-0.2, 0) is 4.79 Å². The van der Waals surface area contributed by atoms with Crippen LogP contribution in [-0.4, -0.2) is 22.3 Å². The lowest BCUT2D eigenvalue weighted by Crippen LogP contribution is -2.17. The first-order chi connectivity index (χ1) is 5.22. The van der Waals surface area contributed by atoms with E-state index in [2.05, 4.69) is 22.4 Å². The van der Waals surface area contributed by atoms with Crippen molar-refractivity contribution in [3.8, 4) is 0 Å². The molecule has 3 nitrogen and oxygen atoms in total. The average Bonchev–Trinajstić information content (AvgIpc) is 1.97. The third-order valence-corrected chi connectivity index (χ3v) is 1.43. The van der Waals surface area contributed by atoms with Gasteiger partial charge < -0.3 is 5.11 Å². The molecule has 0 aliphatic carbocycles. The lowest BCUT2D eigenvalue weighted by Gasteiger charge is -2.02. The Labute approximate surface area is 71.1 Å². The van der Waals surface area contributed by atoms with Crippen LogP contribution < -0.4 is 0 Å². The molecule has 0 spiro atoms. The standard InChI is InChI=1S/C7H11NO2S/c1-2-3-4-6(7(9)10)8-5-11/h6H,2-4H2,1H3,(H,9,10)/t6-/m1/s1. The van der Waals surface area contributed by atoms with Crippen LogP contribution >= 0.6 is 12.2 Å². The summed E-state index contributed by atoms with van der Waals surface area (Å²) in [5.41, 5.74) is 0. The molecule has 4 heteroatoms. The fourth-order valence-electron chi connectivity index (χ4n) is 0.704. The number of unbranched alkanes of at least 4 members (excludes halogenated alkanes) is 1. The normalized spacial score (nSPS) is 11.7. The van der Waals surface area contributed by atoms with Crippen molar-refractivity contribution in [3.63, 3.8) is 0 Å². The summed E-state index contributed by atoms with van der Waals surface area (Å²) in [5.74, 6) is -0.921. The summed E-state index contributed by atoms with van der Waals surface area (Å²) in [5, 5.41) is 10.6. The lowest BCUT2D eigenvalue weighted by atomic mass is 10.1. The van der Waals surface area contributed by atoms with Gasteiger partial charge in [0.15, 0.2) is 6.04 Å². The molecule has 0 unspecified atom stereocenters. The number of hydrogen-bond acceptors (Lipinski definition) is 3. The van der Waals surface area contributed by atoms with Crippen molar-refractivity contribution in [2.24, 2.45) is 4.99 Å². The molecule has 0 aromatic carbocycles. The van der Waals surface area contributed by atoms with Gasteiger partial charge in [0.2, 0.25) is 0 Å². The van der Waals surface area contributed by atoms with Crippen LogP contribution in [0.3, 0.4) is 0 Å². The minimum absolute atomic E-state index is 0.551. The molecule has 0 radical (unpaired) electrons.